The van der Waals surface area contributed by atoms with Gasteiger partial charge in [0.15, 0.2) is 0 Å². The van der Waals surface area contributed by atoms with Crippen LogP contribution in [0.15, 0.2) is 77.4 Å². The molecule has 4 aromatic rings. The monoisotopic (exact) mass is 418 g/mol. The van der Waals surface area contributed by atoms with Crippen LogP contribution in [0, 0.1) is 5.82 Å². The van der Waals surface area contributed by atoms with E-state index in [0.29, 0.717) is 17.0 Å². The number of hydrazine groups is 1. The van der Waals surface area contributed by atoms with Crippen LogP contribution in [0.4, 0.5) is 10.1 Å². The van der Waals surface area contributed by atoms with Crippen molar-refractivity contribution in [1.82, 2.24) is 15.1 Å². The van der Waals surface area contributed by atoms with Crippen LogP contribution in [0.2, 0.25) is 0 Å². The van der Waals surface area contributed by atoms with Crippen LogP contribution >= 0.6 is 0 Å². The number of rotatable bonds is 6. The molecule has 31 heavy (non-hydrogen) atoms. The van der Waals surface area contributed by atoms with E-state index < -0.39 is 5.82 Å². The molecule has 4 rings (SSSR count). The number of nitrogens with two attached hydrogens (primary N) is 2. The van der Waals surface area contributed by atoms with Gasteiger partial charge in [0.1, 0.15) is 23.0 Å². The third-order valence-corrected chi connectivity index (χ3v) is 4.52. The van der Waals surface area contributed by atoms with E-state index in [2.05, 4.69) is 15.1 Å². The Kier molecular flexibility index (Phi) is 5.59. The third kappa shape index (κ3) is 3.94. The largest absolute Gasteiger partial charge is 0.496 e. The second kappa shape index (κ2) is 8.64. The minimum Gasteiger partial charge on any atom is -0.496 e. The molecule has 0 fully saturated rings. The Morgan fingerprint density at radius 3 is 2.52 bits per heavy atom. The summed E-state index contributed by atoms with van der Waals surface area (Å²) in [7, 11) is 1.55. The molecule has 0 aliphatic rings. The quantitative estimate of drug-likeness (QED) is 0.361. The van der Waals surface area contributed by atoms with Crippen molar-refractivity contribution in [2.24, 2.45) is 11.6 Å². The number of methoxy groups -OCH3 is 1. The summed E-state index contributed by atoms with van der Waals surface area (Å²) in [6, 6.07) is 18.5. The number of hydrogen-bond donors (Lipinski definition) is 2. The van der Waals surface area contributed by atoms with Crippen molar-refractivity contribution in [3.05, 3.63) is 90.3 Å². The molecule has 9 heteroatoms. The number of pyridine rings is 1. The van der Waals surface area contributed by atoms with Gasteiger partial charge in [0.2, 0.25) is 5.82 Å². The molecule has 0 bridgehead atoms. The number of benzene rings is 2. The molecule has 2 heterocycles. The zero-order valence-corrected chi connectivity index (χ0v) is 16.6. The van der Waals surface area contributed by atoms with E-state index in [1.807, 2.05) is 12.1 Å². The highest BCUT2D eigenvalue weighted by Crippen LogP contribution is 2.31. The van der Waals surface area contributed by atoms with Crippen LogP contribution < -0.4 is 21.3 Å². The van der Waals surface area contributed by atoms with Gasteiger partial charge < -0.3 is 15.0 Å². The van der Waals surface area contributed by atoms with Gasteiger partial charge in [0.05, 0.1) is 24.1 Å². The van der Waals surface area contributed by atoms with Crippen molar-refractivity contribution >= 4 is 17.1 Å². The Balaban J connectivity index is 1.84. The topological polar surface area (TPSA) is 116 Å². The highest BCUT2D eigenvalue weighted by molar-refractivity contribution is 5.92. The van der Waals surface area contributed by atoms with Crippen LogP contribution in [0.1, 0.15) is 11.6 Å². The minimum atomic E-state index is -0.522. The average Bonchev–Trinajstić information content (AvgIpc) is 3.30. The molecule has 156 valence electrons. The second-order valence-electron chi connectivity index (χ2n) is 6.42. The van der Waals surface area contributed by atoms with Crippen LogP contribution in [0.25, 0.3) is 22.8 Å². The second-order valence-corrected chi connectivity index (χ2v) is 6.42. The Labute approximate surface area is 177 Å². The van der Waals surface area contributed by atoms with E-state index in [0.717, 1.165) is 5.01 Å². The highest BCUT2D eigenvalue weighted by Gasteiger charge is 2.23. The number of aromatic nitrogens is 3. The number of nitrogens with zero attached hydrogens (tertiary/aromatic N) is 4. The first-order valence-electron chi connectivity index (χ1n) is 9.28. The molecule has 0 atom stereocenters. The van der Waals surface area contributed by atoms with Crippen molar-refractivity contribution in [2.75, 3.05) is 12.1 Å². The predicted molar refractivity (Wildman–Crippen MR) is 115 cm³/mol. The fraction of sp³-hybridized carbons (Fsp3) is 0.0455. The molecular weight excluding hydrogens is 399 g/mol. The fourth-order valence-corrected chi connectivity index (χ4v) is 3.03. The molecule has 2 aromatic carbocycles. The molecule has 0 saturated carbocycles. The van der Waals surface area contributed by atoms with Gasteiger partial charge in [-0.1, -0.05) is 35.5 Å². The van der Waals surface area contributed by atoms with E-state index in [1.165, 1.54) is 12.1 Å². The van der Waals surface area contributed by atoms with Crippen LogP contribution in [0.3, 0.4) is 0 Å². The Hall–Kier alpha value is -4.24. The van der Waals surface area contributed by atoms with Crippen molar-refractivity contribution in [2.45, 2.75) is 0 Å². The summed E-state index contributed by atoms with van der Waals surface area (Å²) in [6.07, 6.45) is 1.58. The molecule has 8 nitrogen and oxygen atoms in total. The summed E-state index contributed by atoms with van der Waals surface area (Å²) >= 11 is 0. The summed E-state index contributed by atoms with van der Waals surface area (Å²) in [5.74, 6) is 6.63. The normalized spacial score (nSPS) is 11.7. The minimum absolute atomic E-state index is 0.00773. The van der Waals surface area contributed by atoms with Crippen LogP contribution in [0.5, 0.6) is 5.75 Å². The predicted octanol–water partition coefficient (Wildman–Crippen LogP) is 3.44. The van der Waals surface area contributed by atoms with E-state index in [4.69, 9.17) is 20.8 Å². The van der Waals surface area contributed by atoms with E-state index in [-0.39, 0.29) is 28.8 Å². The van der Waals surface area contributed by atoms with Gasteiger partial charge in [0, 0.05) is 6.20 Å². The maximum atomic E-state index is 14.4. The number of hydrogen-bond acceptors (Lipinski definition) is 8. The molecular formula is C22H19FN6O2. The Bertz CT molecular complexity index is 1230. The van der Waals surface area contributed by atoms with Crippen LogP contribution in [-0.4, -0.2) is 22.2 Å². The molecule has 0 unspecified atom stereocenters. The molecule has 0 radical (unpaired) electrons. The molecule has 0 amide bonds. The number of anilines is 1. The summed E-state index contributed by atoms with van der Waals surface area (Å²) < 4.78 is 25.2. The molecule has 4 N–H and O–H groups in total. The van der Waals surface area contributed by atoms with E-state index in [1.54, 1.807) is 55.8 Å². The van der Waals surface area contributed by atoms with Crippen molar-refractivity contribution in [3.63, 3.8) is 0 Å². The summed E-state index contributed by atoms with van der Waals surface area (Å²) in [5.41, 5.74) is 7.78. The smallest absolute Gasteiger partial charge is 0.276 e. The van der Waals surface area contributed by atoms with Gasteiger partial charge >= 0.3 is 0 Å². The van der Waals surface area contributed by atoms with E-state index >= 15 is 0 Å². The SMILES string of the molecule is COc1ccccc1-c1noc(/C(N)=C(\c2ccccn2)N(N)c2ccccc2F)n1. The zero-order chi connectivity index (χ0) is 21.8. The Morgan fingerprint density at radius 2 is 1.77 bits per heavy atom. The molecule has 0 spiro atoms. The number of halogens is 1. The van der Waals surface area contributed by atoms with Crippen molar-refractivity contribution < 1.29 is 13.7 Å². The summed E-state index contributed by atoms with van der Waals surface area (Å²) in [5, 5.41) is 5.12. The first kappa shape index (κ1) is 20.0. The number of para-hydroxylation sites is 2. The average molecular weight is 418 g/mol. The van der Waals surface area contributed by atoms with Crippen LogP contribution in [-0.2, 0) is 0 Å². The molecule has 0 aliphatic carbocycles. The maximum absolute atomic E-state index is 14.4. The molecule has 2 aromatic heterocycles. The summed E-state index contributed by atoms with van der Waals surface area (Å²) in [4.78, 5) is 8.69. The first-order valence-corrected chi connectivity index (χ1v) is 9.28. The fourth-order valence-electron chi connectivity index (χ4n) is 3.03. The molecule has 0 aliphatic heterocycles. The van der Waals surface area contributed by atoms with E-state index in [9.17, 15) is 4.39 Å². The van der Waals surface area contributed by atoms with Gasteiger partial charge in [-0.15, -0.1) is 0 Å². The zero-order valence-electron chi connectivity index (χ0n) is 16.6. The van der Waals surface area contributed by atoms with Gasteiger partial charge in [-0.05, 0) is 36.4 Å². The van der Waals surface area contributed by atoms with Gasteiger partial charge in [0.25, 0.3) is 5.89 Å². The maximum Gasteiger partial charge on any atom is 0.276 e. The molecule has 0 saturated heterocycles. The van der Waals surface area contributed by atoms with Gasteiger partial charge in [-0.3, -0.25) is 9.99 Å². The highest BCUT2D eigenvalue weighted by atomic mass is 19.1. The standard InChI is InChI=1S/C22H19FN6O2/c1-30-18-12-5-2-8-14(18)21-27-22(31-28-21)19(24)20(16-10-6-7-13-26-16)29(25)17-11-4-3-9-15(17)23/h2-13H,24-25H2,1H3/b20-19-. The lowest BCUT2D eigenvalue weighted by molar-refractivity contribution is 0.404. The lowest BCUT2D eigenvalue weighted by atomic mass is 10.2. The summed E-state index contributed by atoms with van der Waals surface area (Å²) in [6.45, 7) is 0. The van der Waals surface area contributed by atoms with Gasteiger partial charge in [-0.2, -0.15) is 4.98 Å². The third-order valence-electron chi connectivity index (χ3n) is 4.52. The lowest BCUT2D eigenvalue weighted by Crippen LogP contribution is -2.32. The number of ether oxygens (including phenoxy) is 1. The first-order chi connectivity index (χ1) is 15.1. The lowest BCUT2D eigenvalue weighted by Gasteiger charge is -2.23. The Morgan fingerprint density at radius 1 is 1.03 bits per heavy atom. The van der Waals surface area contributed by atoms with Gasteiger partial charge in [-0.25, -0.2) is 10.2 Å². The van der Waals surface area contributed by atoms with Crippen molar-refractivity contribution in [3.8, 4) is 17.1 Å². The van der Waals surface area contributed by atoms with Crippen molar-refractivity contribution in [1.29, 1.82) is 0 Å².